The van der Waals surface area contributed by atoms with Crippen LogP contribution < -0.4 is 0 Å². The minimum absolute atomic E-state index is 0.0231. The van der Waals surface area contributed by atoms with Gasteiger partial charge in [-0.3, -0.25) is 0 Å². The monoisotopic (exact) mass is 813 g/mol. The van der Waals surface area contributed by atoms with Crippen molar-refractivity contribution in [3.05, 3.63) is 154 Å². The second kappa shape index (κ2) is 12.8. The normalized spacial score (nSPS) is 18.0. The molecule has 0 saturated heterocycles. The molecule has 2 unspecified atom stereocenters. The van der Waals surface area contributed by atoms with Crippen LogP contribution in [0.3, 0.4) is 0 Å². The Morgan fingerprint density at radius 1 is 0.596 bits per heavy atom. The summed E-state index contributed by atoms with van der Waals surface area (Å²) in [6.45, 7) is 19.0. The molecule has 0 aromatic heterocycles. The molecule has 0 aliphatic heterocycles. The zero-order valence-corrected chi connectivity index (χ0v) is 36.8. The Morgan fingerprint density at radius 2 is 1.12 bits per heavy atom. The molecule has 0 nitrogen and oxygen atoms in total. The van der Waals surface area contributed by atoms with Gasteiger partial charge in [-0.15, -0.1) is 0 Å². The molecule has 263 valence electrons. The van der Waals surface area contributed by atoms with Gasteiger partial charge in [0.05, 0.1) is 0 Å². The van der Waals surface area contributed by atoms with Crippen LogP contribution in [-0.2, 0) is 21.0 Å². The van der Waals surface area contributed by atoms with Gasteiger partial charge in [-0.25, -0.2) is 0 Å². The van der Waals surface area contributed by atoms with E-state index in [0.717, 1.165) is 0 Å². The SMILES string of the molecule is CC1=Cc2c(-c3cccc4ccccc34)ccc(C(C)(C)C)c2[CH]1[Zr]([Cl])([Cl])([CH]1C(C(C)C)=Cc2c(-c3cccc4ccccc34)cccc21)[SiH](C)C. The van der Waals surface area contributed by atoms with Gasteiger partial charge >= 0.3 is 322 Å². The number of fused-ring (bicyclic) bond motifs is 4. The Kier molecular flexibility index (Phi) is 8.86. The average molecular weight is 816 g/mol. The van der Waals surface area contributed by atoms with Crippen LogP contribution in [0.2, 0.25) is 13.1 Å². The molecule has 6 aromatic carbocycles. The van der Waals surface area contributed by atoms with Crippen molar-refractivity contribution < 1.29 is 15.6 Å². The van der Waals surface area contributed by atoms with Gasteiger partial charge in [-0.05, 0) is 0 Å². The van der Waals surface area contributed by atoms with E-state index in [-0.39, 0.29) is 12.7 Å². The maximum atomic E-state index is 8.90. The summed E-state index contributed by atoms with van der Waals surface area (Å²) >= 11 is -5.02. The first-order valence-electron chi connectivity index (χ1n) is 18.9. The van der Waals surface area contributed by atoms with Gasteiger partial charge in [0.25, 0.3) is 0 Å². The van der Waals surface area contributed by atoms with Crippen molar-refractivity contribution in [1.82, 2.24) is 0 Å². The van der Waals surface area contributed by atoms with Gasteiger partial charge in [0, 0.05) is 0 Å². The van der Waals surface area contributed by atoms with Crippen molar-refractivity contribution in [2.45, 2.75) is 67.3 Å². The third kappa shape index (κ3) is 5.38. The summed E-state index contributed by atoms with van der Waals surface area (Å²) in [6, 6.07) is 42.6. The number of rotatable bonds is 6. The van der Waals surface area contributed by atoms with Gasteiger partial charge < -0.3 is 0 Å². The van der Waals surface area contributed by atoms with Crippen molar-refractivity contribution >= 4 is 56.6 Å². The van der Waals surface area contributed by atoms with Crippen LogP contribution in [0.1, 0.15) is 76.6 Å². The molecule has 52 heavy (non-hydrogen) atoms. The predicted molar refractivity (Wildman–Crippen MR) is 230 cm³/mol. The van der Waals surface area contributed by atoms with E-state index >= 15 is 0 Å². The fourth-order valence-corrected chi connectivity index (χ4v) is 41.8. The molecule has 0 spiro atoms. The molecule has 0 amide bonds. The number of halogens is 2. The molecule has 4 heteroatoms. The van der Waals surface area contributed by atoms with Gasteiger partial charge in [-0.1, -0.05) is 0 Å². The molecule has 6 aromatic rings. The van der Waals surface area contributed by atoms with Crippen LogP contribution in [0.4, 0.5) is 0 Å². The van der Waals surface area contributed by atoms with Crippen LogP contribution in [0.15, 0.2) is 126 Å². The van der Waals surface area contributed by atoms with E-state index < -0.39 is 21.5 Å². The molecule has 2 aliphatic rings. The minimum atomic E-state index is -5.02. The van der Waals surface area contributed by atoms with Crippen LogP contribution in [0.25, 0.3) is 56.0 Å². The van der Waals surface area contributed by atoms with Crippen molar-refractivity contribution in [3.63, 3.8) is 0 Å². The molecule has 2 atom stereocenters. The third-order valence-corrected chi connectivity index (χ3v) is 64.2. The zero-order chi connectivity index (χ0) is 36.8. The molecule has 0 radical (unpaired) electrons. The number of allylic oxidation sites excluding steroid dienone is 2. The Hall–Kier alpha value is -3.00. The zero-order valence-electron chi connectivity index (χ0n) is 31.7. The third-order valence-electron chi connectivity index (χ3n) is 12.3. The number of hydrogen-bond acceptors (Lipinski definition) is 0. The van der Waals surface area contributed by atoms with E-state index in [0.29, 0.717) is 5.92 Å². The molecular weight excluding hydrogens is 767 g/mol. The molecule has 2 aliphatic carbocycles. The van der Waals surface area contributed by atoms with Gasteiger partial charge in [-0.2, -0.15) is 0 Å². The van der Waals surface area contributed by atoms with Gasteiger partial charge in [0.1, 0.15) is 0 Å². The summed E-state index contributed by atoms with van der Waals surface area (Å²) in [5.41, 5.74) is 14.5. The first kappa shape index (κ1) is 36.0. The van der Waals surface area contributed by atoms with E-state index in [1.807, 2.05) is 0 Å². The van der Waals surface area contributed by atoms with Crippen LogP contribution in [0.5, 0.6) is 0 Å². The molecule has 0 N–H and O–H groups in total. The van der Waals surface area contributed by atoms with Crippen LogP contribution in [-0.4, -0.2) is 5.92 Å². The Bertz CT molecular complexity index is 2470. The van der Waals surface area contributed by atoms with Crippen LogP contribution >= 0.6 is 17.0 Å². The fourth-order valence-electron chi connectivity index (χ4n) is 9.77. The summed E-state index contributed by atoms with van der Waals surface area (Å²) in [7, 11) is 17.8. The first-order valence-corrected chi connectivity index (χ1v) is 35.3. The second-order valence-electron chi connectivity index (χ2n) is 17.0. The van der Waals surface area contributed by atoms with Gasteiger partial charge in [0.2, 0.25) is 0 Å². The second-order valence-corrected chi connectivity index (χ2v) is 59.5. The summed E-state index contributed by atoms with van der Waals surface area (Å²) in [4.78, 5) is 0. The fraction of sp³-hybridized carbons (Fsp3) is 0.250. The summed E-state index contributed by atoms with van der Waals surface area (Å²) in [6.07, 6.45) is 4.98. The first-order chi connectivity index (χ1) is 24.7. The van der Waals surface area contributed by atoms with E-state index in [1.165, 1.54) is 82.8 Å². The van der Waals surface area contributed by atoms with Crippen LogP contribution in [0, 0.1) is 5.92 Å². The molecule has 0 fully saturated rings. The number of benzene rings is 6. The maximum absolute atomic E-state index is 8.90. The van der Waals surface area contributed by atoms with E-state index in [2.05, 4.69) is 182 Å². The quantitative estimate of drug-likeness (QED) is 0.147. The number of hydrogen-bond donors (Lipinski definition) is 0. The molecule has 0 bridgehead atoms. The predicted octanol–water partition coefficient (Wildman–Crippen LogP) is 14.9. The Balaban J connectivity index is 1.41. The molecule has 8 rings (SSSR count). The van der Waals surface area contributed by atoms with Crippen molar-refractivity contribution in [2.24, 2.45) is 5.92 Å². The summed E-state index contributed by atoms with van der Waals surface area (Å²) < 4.78 is 0.0598. The standard InChI is InChI=1S/C24H23.C22H19.C2H7Si.2ClH.Zr/c1-16-14-21-20(12-13-23(22(21)15-16)24(2,3)4)19-11-7-9-17-8-5-6-10-18(17)19;1-15(2)18-13-17-9-6-12-21(22(17)14-18)20-11-5-8-16-7-3-4-10-19(16)20;1-3-2;;;/h5-15H,1-4H3;3-15H,1-2H3;3H,1-2H3;2*1H;/q;;;;;+2/p-2. The molecule has 0 saturated carbocycles. The Labute approximate surface area is 319 Å². The van der Waals surface area contributed by atoms with E-state index in [4.69, 9.17) is 17.0 Å². The van der Waals surface area contributed by atoms with Gasteiger partial charge in [0.15, 0.2) is 0 Å². The van der Waals surface area contributed by atoms with E-state index in [1.54, 1.807) is 0 Å². The summed E-state index contributed by atoms with van der Waals surface area (Å²) in [5, 5.41) is 5.07. The van der Waals surface area contributed by atoms with Crippen molar-refractivity contribution in [1.29, 1.82) is 0 Å². The van der Waals surface area contributed by atoms with Crippen molar-refractivity contribution in [2.75, 3.05) is 0 Å². The average Bonchev–Trinajstić information content (AvgIpc) is 3.70. The molecule has 0 heterocycles. The molecular formula is C48H49Cl2SiZr. The van der Waals surface area contributed by atoms with E-state index in [9.17, 15) is 0 Å². The topological polar surface area (TPSA) is 0 Å². The Morgan fingerprint density at radius 3 is 1.67 bits per heavy atom. The van der Waals surface area contributed by atoms with Crippen molar-refractivity contribution in [3.8, 4) is 22.3 Å². The summed E-state index contributed by atoms with van der Waals surface area (Å²) in [5.74, 6) is -1.42.